The Morgan fingerprint density at radius 3 is 1.41 bits per heavy atom. The molecular weight excluding hydrogens is 893 g/mol. The Morgan fingerprint density at radius 1 is 0.603 bits per heavy atom. The van der Waals surface area contributed by atoms with Gasteiger partial charge in [0.15, 0.2) is 23.0 Å². The molecule has 2 saturated heterocycles. The Labute approximate surface area is 405 Å². The average Bonchev–Trinajstić information content (AvgIpc) is 4.21. The van der Waals surface area contributed by atoms with Crippen molar-refractivity contribution in [2.24, 2.45) is 33.3 Å². The molecule has 2 aromatic heterocycles. The van der Waals surface area contributed by atoms with Crippen LogP contribution in [-0.4, -0.2) is 95.7 Å². The number of guanidine groups is 2. The highest BCUT2D eigenvalue weighted by Gasteiger charge is 2.55. The third-order valence-corrected chi connectivity index (χ3v) is 14.8. The van der Waals surface area contributed by atoms with Crippen molar-refractivity contribution in [3.63, 3.8) is 0 Å². The van der Waals surface area contributed by atoms with E-state index >= 15 is 0 Å². The van der Waals surface area contributed by atoms with Gasteiger partial charge in [-0.1, -0.05) is 117 Å². The number of carboxylic acids is 1. The van der Waals surface area contributed by atoms with Crippen LogP contribution in [0.3, 0.4) is 0 Å². The van der Waals surface area contributed by atoms with Gasteiger partial charge in [0, 0.05) is 33.1 Å². The SMILES string of the molecule is C.CN1C(=O)C(c2cccc(-c3ccccc3)c2)(C2CCN(C(=O)c3cccs3)CC2)N=C1N.CN1C(=O)C(c2cccc(-c3ccccc3)c2)(C2CCNCC2)N=C1N.O=C(O)c1cccs1. The van der Waals surface area contributed by atoms with E-state index in [2.05, 4.69) is 47.8 Å². The number of rotatable bonds is 8. The van der Waals surface area contributed by atoms with Crippen LogP contribution in [0.25, 0.3) is 22.3 Å². The number of hydrogen-bond acceptors (Lipinski definition) is 11. The number of nitrogens with zero attached hydrogens (tertiary/aromatic N) is 5. The number of carbonyl (C=O) groups is 4. The highest BCUT2D eigenvalue weighted by atomic mass is 32.1. The molecule has 10 rings (SSSR count). The fourth-order valence-corrected chi connectivity index (χ4v) is 10.8. The molecular formula is C53H58N8O5S2. The van der Waals surface area contributed by atoms with E-state index in [1.807, 2.05) is 89.1 Å². The Bertz CT molecular complexity index is 2750. The predicted molar refractivity (Wildman–Crippen MR) is 272 cm³/mol. The fraction of sp³-hybridized carbons (Fsp3) is 0.283. The number of carboxylic acid groups (broad SMARTS) is 1. The number of hydrogen-bond donors (Lipinski definition) is 4. The molecule has 4 aliphatic heterocycles. The van der Waals surface area contributed by atoms with Crippen molar-refractivity contribution >= 4 is 58.3 Å². The van der Waals surface area contributed by atoms with Crippen molar-refractivity contribution in [2.75, 3.05) is 40.3 Å². The highest BCUT2D eigenvalue weighted by Crippen LogP contribution is 2.46. The predicted octanol–water partition coefficient (Wildman–Crippen LogP) is 8.37. The maximum atomic E-state index is 13.6. The summed E-state index contributed by atoms with van der Waals surface area (Å²) in [6.07, 6.45) is 3.18. The first-order valence-corrected chi connectivity index (χ1v) is 24.1. The second-order valence-corrected chi connectivity index (χ2v) is 18.8. The average molecular weight is 951 g/mol. The molecule has 6 aromatic rings. The third kappa shape index (κ3) is 9.73. The molecule has 2 atom stereocenters. The Kier molecular flexibility index (Phi) is 15.4. The van der Waals surface area contributed by atoms with E-state index < -0.39 is 17.0 Å². The first-order chi connectivity index (χ1) is 32.4. The van der Waals surface area contributed by atoms with Crippen molar-refractivity contribution in [2.45, 2.75) is 44.2 Å². The van der Waals surface area contributed by atoms with Gasteiger partial charge in [-0.05, 0) is 113 Å². The minimum Gasteiger partial charge on any atom is -0.477 e. The monoisotopic (exact) mass is 950 g/mol. The van der Waals surface area contributed by atoms with Crippen LogP contribution in [0.1, 0.15) is 63.6 Å². The number of nitrogens with one attached hydrogen (secondary N) is 1. The minimum atomic E-state index is -1.07. The Morgan fingerprint density at radius 2 is 1.03 bits per heavy atom. The molecule has 15 heteroatoms. The number of aliphatic imine (C=N–C) groups is 2. The number of piperidine rings is 2. The molecule has 0 saturated carbocycles. The van der Waals surface area contributed by atoms with E-state index in [9.17, 15) is 19.2 Å². The minimum absolute atomic E-state index is 0. The van der Waals surface area contributed by atoms with E-state index in [1.165, 1.54) is 32.5 Å². The van der Waals surface area contributed by atoms with E-state index in [4.69, 9.17) is 26.6 Å². The molecule has 2 fully saturated rings. The lowest BCUT2D eigenvalue weighted by Crippen LogP contribution is -2.49. The first-order valence-electron chi connectivity index (χ1n) is 22.3. The molecule has 0 bridgehead atoms. The van der Waals surface area contributed by atoms with Crippen LogP contribution in [0.15, 0.2) is 154 Å². The van der Waals surface area contributed by atoms with Gasteiger partial charge in [-0.15, -0.1) is 22.7 Å². The molecule has 2 unspecified atom stereocenters. The molecule has 4 aliphatic rings. The second-order valence-electron chi connectivity index (χ2n) is 16.9. The van der Waals surface area contributed by atoms with Gasteiger partial charge in [-0.2, -0.15) is 0 Å². The zero-order chi connectivity index (χ0) is 47.1. The molecule has 68 heavy (non-hydrogen) atoms. The third-order valence-electron chi connectivity index (χ3n) is 13.1. The second kappa shape index (κ2) is 21.3. The number of nitrogens with two attached hydrogens (primary N) is 2. The van der Waals surface area contributed by atoms with Crippen molar-refractivity contribution in [3.05, 3.63) is 165 Å². The van der Waals surface area contributed by atoms with Crippen LogP contribution in [-0.2, 0) is 20.7 Å². The number of benzene rings is 4. The van der Waals surface area contributed by atoms with Gasteiger partial charge in [-0.3, -0.25) is 24.2 Å². The number of aromatic carboxylic acids is 1. The molecule has 0 spiro atoms. The molecule has 13 nitrogen and oxygen atoms in total. The smallest absolute Gasteiger partial charge is 0.345 e. The molecule has 4 aromatic carbocycles. The van der Waals surface area contributed by atoms with Crippen molar-refractivity contribution < 1.29 is 24.3 Å². The van der Waals surface area contributed by atoms with Gasteiger partial charge >= 0.3 is 5.97 Å². The van der Waals surface area contributed by atoms with Gasteiger partial charge in [0.2, 0.25) is 0 Å². The summed E-state index contributed by atoms with van der Waals surface area (Å²) in [6, 6.07) is 43.6. The lowest BCUT2D eigenvalue weighted by Gasteiger charge is -2.40. The van der Waals surface area contributed by atoms with E-state index in [0.717, 1.165) is 64.2 Å². The van der Waals surface area contributed by atoms with Crippen LogP contribution in [0, 0.1) is 11.8 Å². The van der Waals surface area contributed by atoms with Gasteiger partial charge < -0.3 is 26.8 Å². The summed E-state index contributed by atoms with van der Waals surface area (Å²) in [6.45, 7) is 2.98. The van der Waals surface area contributed by atoms with Crippen LogP contribution in [0.5, 0.6) is 0 Å². The summed E-state index contributed by atoms with van der Waals surface area (Å²) in [5.41, 5.74) is 16.4. The zero-order valence-electron chi connectivity index (χ0n) is 37.5. The van der Waals surface area contributed by atoms with Crippen LogP contribution in [0.4, 0.5) is 0 Å². The summed E-state index contributed by atoms with van der Waals surface area (Å²) in [5, 5.41) is 15.3. The zero-order valence-corrected chi connectivity index (χ0v) is 39.1. The summed E-state index contributed by atoms with van der Waals surface area (Å²) < 4.78 is 0. The lowest BCUT2D eigenvalue weighted by atomic mass is 9.72. The molecule has 352 valence electrons. The molecule has 6 heterocycles. The Balaban J connectivity index is 0.000000174. The number of likely N-dealkylation sites (tertiary alicyclic amines) is 1. The molecule has 0 aliphatic carbocycles. The summed E-state index contributed by atoms with van der Waals surface area (Å²) >= 11 is 2.69. The molecule has 6 N–H and O–H groups in total. The standard InChI is InChI=1S/C26H26N4O2S.C21H24N4O.C5H4O2S.CH4/c1-29-24(32)26(28-25(29)27,21-10-5-9-19(17-21)18-7-3-2-4-8-18)20-12-14-30(15-13-20)23(31)22-11-6-16-33-22;1-25-19(26)21(24-20(25)22,17-10-12-23-13-11-17)18-9-5-8-16(14-18)15-6-3-2-4-7-15;6-5(7)4-2-1-3-8-4;/h2-11,16-17,20H,12-15H2,1H3,(H2,27,28);2-9,14,17,23H,10-13H2,1H3,(H2,22,24);1-3H,(H,6,7);1H4. The quantitative estimate of drug-likeness (QED) is 0.117. The number of likely N-dealkylation sites (N-methyl/N-ethyl adjacent to an activating group) is 2. The van der Waals surface area contributed by atoms with Crippen molar-refractivity contribution in [1.29, 1.82) is 0 Å². The summed E-state index contributed by atoms with van der Waals surface area (Å²) in [5.74, 6) is -0.277. The van der Waals surface area contributed by atoms with Crippen LogP contribution in [0.2, 0.25) is 0 Å². The van der Waals surface area contributed by atoms with Gasteiger partial charge in [-0.25, -0.2) is 14.8 Å². The topological polar surface area (TPSA) is 187 Å². The lowest BCUT2D eigenvalue weighted by molar-refractivity contribution is -0.133. The van der Waals surface area contributed by atoms with Gasteiger partial charge in [0.1, 0.15) is 4.88 Å². The van der Waals surface area contributed by atoms with Crippen LogP contribution < -0.4 is 16.8 Å². The van der Waals surface area contributed by atoms with E-state index in [-0.39, 0.29) is 42.9 Å². The molecule has 0 radical (unpaired) electrons. The van der Waals surface area contributed by atoms with Gasteiger partial charge in [0.05, 0.1) is 4.88 Å². The fourth-order valence-electron chi connectivity index (χ4n) is 9.53. The number of amides is 3. The highest BCUT2D eigenvalue weighted by molar-refractivity contribution is 7.12. The van der Waals surface area contributed by atoms with Crippen LogP contribution >= 0.6 is 22.7 Å². The van der Waals surface area contributed by atoms with E-state index in [1.54, 1.807) is 31.6 Å². The van der Waals surface area contributed by atoms with Gasteiger partial charge in [0.25, 0.3) is 17.7 Å². The normalized spacial score (nSPS) is 20.6. The van der Waals surface area contributed by atoms with E-state index in [0.29, 0.717) is 36.8 Å². The van der Waals surface area contributed by atoms with Crippen molar-refractivity contribution in [3.8, 4) is 22.3 Å². The largest absolute Gasteiger partial charge is 0.477 e. The Hall–Kier alpha value is -6.94. The molecule has 3 amide bonds. The maximum absolute atomic E-state index is 13.6. The summed E-state index contributed by atoms with van der Waals surface area (Å²) in [4.78, 5) is 65.4. The maximum Gasteiger partial charge on any atom is 0.345 e. The number of thiophene rings is 2. The summed E-state index contributed by atoms with van der Waals surface area (Å²) in [7, 11) is 3.39. The first kappa shape index (κ1) is 49.0. The number of carbonyl (C=O) groups excluding carboxylic acids is 3. The van der Waals surface area contributed by atoms with Crippen molar-refractivity contribution in [1.82, 2.24) is 20.0 Å².